The van der Waals surface area contributed by atoms with Crippen molar-refractivity contribution in [1.82, 2.24) is 0 Å². The van der Waals surface area contributed by atoms with Gasteiger partial charge in [-0.2, -0.15) is 0 Å². The predicted octanol–water partition coefficient (Wildman–Crippen LogP) is 1.18. The largest absolute Gasteiger partial charge is 0.391 e. The Kier molecular flexibility index (Phi) is 4.72. The van der Waals surface area contributed by atoms with E-state index in [4.69, 9.17) is 9.84 Å². The molecule has 0 aliphatic heterocycles. The van der Waals surface area contributed by atoms with Gasteiger partial charge in [-0.25, -0.2) is 0 Å². The van der Waals surface area contributed by atoms with E-state index in [0.29, 0.717) is 6.61 Å². The average Bonchev–Trinajstić information content (AvgIpc) is 1.83. The lowest BCUT2D eigenvalue weighted by Crippen LogP contribution is -2.16. The highest BCUT2D eigenvalue weighted by atomic mass is 16.5. The highest BCUT2D eigenvalue weighted by Crippen LogP contribution is 1.96. The fourth-order valence-corrected chi connectivity index (χ4v) is 0.421. The van der Waals surface area contributed by atoms with Crippen molar-refractivity contribution < 1.29 is 9.84 Å². The van der Waals surface area contributed by atoms with E-state index in [1.165, 1.54) is 0 Å². The van der Waals surface area contributed by atoms with Crippen LogP contribution in [0.15, 0.2) is 0 Å². The van der Waals surface area contributed by atoms with Crippen LogP contribution >= 0.6 is 0 Å². The molecule has 0 bridgehead atoms. The number of aliphatic hydroxyl groups is 1. The Morgan fingerprint density at radius 2 is 2.00 bits per heavy atom. The maximum Gasteiger partial charge on any atom is 0.0745 e. The molecule has 0 aliphatic carbocycles. The van der Waals surface area contributed by atoms with Gasteiger partial charge in [0, 0.05) is 0 Å². The van der Waals surface area contributed by atoms with Gasteiger partial charge < -0.3 is 9.84 Å². The lowest BCUT2D eigenvalue weighted by atomic mass is 10.3. The Morgan fingerprint density at radius 3 is 2.33 bits per heavy atom. The summed E-state index contributed by atoms with van der Waals surface area (Å²) in [6, 6.07) is 0. The third-order valence-corrected chi connectivity index (χ3v) is 1.20. The monoisotopic (exact) mass is 132 g/mol. The van der Waals surface area contributed by atoms with Crippen molar-refractivity contribution >= 4 is 0 Å². The number of ether oxygens (including phenoxy) is 1. The van der Waals surface area contributed by atoms with E-state index >= 15 is 0 Å². The third kappa shape index (κ3) is 5.80. The van der Waals surface area contributed by atoms with Crippen LogP contribution in [0, 0.1) is 0 Å². The first kappa shape index (κ1) is 8.92. The number of rotatable bonds is 4. The van der Waals surface area contributed by atoms with Crippen molar-refractivity contribution in [2.24, 2.45) is 0 Å². The summed E-state index contributed by atoms with van der Waals surface area (Å²) in [5, 5.41) is 8.77. The smallest absolute Gasteiger partial charge is 0.0745 e. The first-order valence-electron chi connectivity index (χ1n) is 3.46. The second kappa shape index (κ2) is 4.77. The molecule has 0 fully saturated rings. The van der Waals surface area contributed by atoms with E-state index in [1.807, 2.05) is 6.92 Å². The van der Waals surface area contributed by atoms with Crippen molar-refractivity contribution in [2.45, 2.75) is 39.4 Å². The molecule has 0 radical (unpaired) electrons. The topological polar surface area (TPSA) is 29.5 Å². The standard InChI is InChI=1S/C7H16O2/c1-4-7(3)9-5-6(2)8/h6-8H,4-5H2,1-3H3. The van der Waals surface area contributed by atoms with Crippen molar-refractivity contribution in [1.29, 1.82) is 0 Å². The maximum atomic E-state index is 8.77. The first-order chi connectivity index (χ1) is 4.16. The van der Waals surface area contributed by atoms with Gasteiger partial charge in [-0.05, 0) is 20.3 Å². The molecule has 0 aromatic heterocycles. The minimum atomic E-state index is -0.334. The van der Waals surface area contributed by atoms with Gasteiger partial charge in [0.2, 0.25) is 0 Å². The summed E-state index contributed by atoms with van der Waals surface area (Å²) in [4.78, 5) is 0. The van der Waals surface area contributed by atoms with Gasteiger partial charge >= 0.3 is 0 Å². The van der Waals surface area contributed by atoms with Crippen LogP contribution in [0.4, 0.5) is 0 Å². The second-order valence-corrected chi connectivity index (χ2v) is 2.40. The fraction of sp³-hybridized carbons (Fsp3) is 1.00. The quantitative estimate of drug-likeness (QED) is 0.622. The van der Waals surface area contributed by atoms with E-state index in [0.717, 1.165) is 6.42 Å². The molecular formula is C7H16O2. The molecule has 0 saturated heterocycles. The molecule has 2 nitrogen and oxygen atoms in total. The van der Waals surface area contributed by atoms with Gasteiger partial charge in [0.1, 0.15) is 0 Å². The van der Waals surface area contributed by atoms with Crippen LogP contribution in [0.2, 0.25) is 0 Å². The van der Waals surface area contributed by atoms with Gasteiger partial charge in [0.15, 0.2) is 0 Å². The lowest BCUT2D eigenvalue weighted by Gasteiger charge is -2.11. The van der Waals surface area contributed by atoms with Crippen molar-refractivity contribution in [3.05, 3.63) is 0 Å². The molecule has 9 heavy (non-hydrogen) atoms. The molecule has 2 unspecified atom stereocenters. The van der Waals surface area contributed by atoms with Gasteiger partial charge in [-0.15, -0.1) is 0 Å². The van der Waals surface area contributed by atoms with Crippen LogP contribution < -0.4 is 0 Å². The molecule has 0 saturated carbocycles. The zero-order valence-electron chi connectivity index (χ0n) is 6.42. The molecule has 0 rings (SSSR count). The predicted molar refractivity (Wildman–Crippen MR) is 37.4 cm³/mol. The SMILES string of the molecule is CCC(C)OCC(C)O. The summed E-state index contributed by atoms with van der Waals surface area (Å²) in [7, 11) is 0. The Balaban J connectivity index is 3.06. The molecule has 2 atom stereocenters. The summed E-state index contributed by atoms with van der Waals surface area (Å²) in [5.74, 6) is 0. The first-order valence-corrected chi connectivity index (χ1v) is 3.46. The summed E-state index contributed by atoms with van der Waals surface area (Å²) >= 11 is 0. The molecule has 0 aromatic carbocycles. The molecule has 0 heterocycles. The molecule has 0 aliphatic rings. The molecule has 1 N–H and O–H groups in total. The lowest BCUT2D eigenvalue weighted by molar-refractivity contribution is 0.00420. The third-order valence-electron chi connectivity index (χ3n) is 1.20. The van der Waals surface area contributed by atoms with E-state index in [-0.39, 0.29) is 12.2 Å². The molecule has 2 heteroatoms. The summed E-state index contributed by atoms with van der Waals surface area (Å²) in [6.07, 6.45) is 0.950. The zero-order valence-corrected chi connectivity index (χ0v) is 6.42. The van der Waals surface area contributed by atoms with Gasteiger partial charge in [-0.1, -0.05) is 6.92 Å². The second-order valence-electron chi connectivity index (χ2n) is 2.40. The van der Waals surface area contributed by atoms with Crippen LogP contribution in [0.25, 0.3) is 0 Å². The van der Waals surface area contributed by atoms with E-state index in [1.54, 1.807) is 6.92 Å². The Bertz CT molecular complexity index is 61.9. The van der Waals surface area contributed by atoms with Crippen LogP contribution in [-0.2, 0) is 4.74 Å². The van der Waals surface area contributed by atoms with Gasteiger partial charge in [-0.3, -0.25) is 0 Å². The highest BCUT2D eigenvalue weighted by molar-refractivity contribution is 4.47. The summed E-state index contributed by atoms with van der Waals surface area (Å²) in [5.41, 5.74) is 0. The van der Waals surface area contributed by atoms with E-state index in [2.05, 4.69) is 6.92 Å². The summed E-state index contributed by atoms with van der Waals surface area (Å²) < 4.78 is 5.20. The Morgan fingerprint density at radius 1 is 1.44 bits per heavy atom. The Hall–Kier alpha value is -0.0800. The molecule has 0 aromatic rings. The van der Waals surface area contributed by atoms with Crippen LogP contribution in [0.3, 0.4) is 0 Å². The number of aliphatic hydroxyl groups excluding tert-OH is 1. The van der Waals surface area contributed by atoms with E-state index in [9.17, 15) is 0 Å². The average molecular weight is 132 g/mol. The van der Waals surface area contributed by atoms with Crippen LogP contribution in [-0.4, -0.2) is 23.9 Å². The van der Waals surface area contributed by atoms with E-state index < -0.39 is 0 Å². The molecule has 56 valence electrons. The van der Waals surface area contributed by atoms with Crippen molar-refractivity contribution in [3.63, 3.8) is 0 Å². The number of hydrogen-bond donors (Lipinski definition) is 1. The van der Waals surface area contributed by atoms with Crippen LogP contribution in [0.5, 0.6) is 0 Å². The minimum absolute atomic E-state index is 0.277. The van der Waals surface area contributed by atoms with Crippen molar-refractivity contribution in [2.75, 3.05) is 6.61 Å². The maximum absolute atomic E-state index is 8.77. The molecular weight excluding hydrogens is 116 g/mol. The Labute approximate surface area is 56.8 Å². The zero-order chi connectivity index (χ0) is 7.28. The summed E-state index contributed by atoms with van der Waals surface area (Å²) in [6.45, 7) is 6.24. The normalized spacial score (nSPS) is 17.3. The molecule has 0 amide bonds. The minimum Gasteiger partial charge on any atom is -0.391 e. The highest BCUT2D eigenvalue weighted by Gasteiger charge is 1.99. The molecule has 0 spiro atoms. The van der Waals surface area contributed by atoms with Gasteiger partial charge in [0.25, 0.3) is 0 Å². The fourth-order valence-electron chi connectivity index (χ4n) is 0.421. The van der Waals surface area contributed by atoms with Crippen molar-refractivity contribution in [3.8, 4) is 0 Å². The van der Waals surface area contributed by atoms with Gasteiger partial charge in [0.05, 0.1) is 18.8 Å². The number of hydrogen-bond acceptors (Lipinski definition) is 2. The van der Waals surface area contributed by atoms with Crippen LogP contribution in [0.1, 0.15) is 27.2 Å².